The summed E-state index contributed by atoms with van der Waals surface area (Å²) in [5.41, 5.74) is 0.961. The molecular formula is C17H23ClN4O2. The summed E-state index contributed by atoms with van der Waals surface area (Å²) in [4.78, 5) is 14.4. The molecule has 0 aliphatic carbocycles. The molecule has 0 spiro atoms. The highest BCUT2D eigenvalue weighted by atomic mass is 35.5. The average molecular weight is 351 g/mol. The molecule has 0 atom stereocenters. The number of hydrogen-bond donors (Lipinski definition) is 1. The van der Waals surface area contributed by atoms with Crippen LogP contribution in [0.1, 0.15) is 12.8 Å². The van der Waals surface area contributed by atoms with Gasteiger partial charge in [0.05, 0.1) is 31.5 Å². The van der Waals surface area contributed by atoms with Crippen molar-refractivity contribution < 1.29 is 9.53 Å². The molecule has 3 rings (SSSR count). The smallest absolute Gasteiger partial charge is 0.221 e. The predicted molar refractivity (Wildman–Crippen MR) is 94.2 cm³/mol. The van der Waals surface area contributed by atoms with E-state index < -0.39 is 0 Å². The topological polar surface area (TPSA) is 59.4 Å². The summed E-state index contributed by atoms with van der Waals surface area (Å²) in [6.07, 6.45) is 3.18. The van der Waals surface area contributed by atoms with E-state index in [1.807, 2.05) is 22.9 Å². The standard InChI is InChI=1S/C17H23ClN4O2/c18-15-3-2-14-13-20-22(16(14)12-15)7-4-17(23)19-5-1-6-21-8-10-24-11-9-21/h2-3,12-13H,1,4-11H2,(H,19,23). The van der Waals surface area contributed by atoms with Gasteiger partial charge >= 0.3 is 0 Å². The predicted octanol–water partition coefficient (Wildman–Crippen LogP) is 1.92. The zero-order chi connectivity index (χ0) is 16.8. The monoisotopic (exact) mass is 350 g/mol. The number of amides is 1. The van der Waals surface area contributed by atoms with E-state index in [1.54, 1.807) is 6.20 Å². The van der Waals surface area contributed by atoms with Crippen molar-refractivity contribution in [2.24, 2.45) is 0 Å². The molecule has 1 aliphatic rings. The second kappa shape index (κ2) is 8.46. The van der Waals surface area contributed by atoms with Crippen LogP contribution >= 0.6 is 11.6 Å². The van der Waals surface area contributed by atoms with Crippen LogP contribution in [0, 0.1) is 0 Å². The summed E-state index contributed by atoms with van der Waals surface area (Å²) in [6, 6.07) is 5.66. The molecule has 130 valence electrons. The zero-order valence-electron chi connectivity index (χ0n) is 13.7. The van der Waals surface area contributed by atoms with Crippen molar-refractivity contribution in [1.82, 2.24) is 20.0 Å². The summed E-state index contributed by atoms with van der Waals surface area (Å²) >= 11 is 6.03. The van der Waals surface area contributed by atoms with Crippen molar-refractivity contribution in [2.75, 3.05) is 39.4 Å². The highest BCUT2D eigenvalue weighted by molar-refractivity contribution is 6.31. The molecule has 1 saturated heterocycles. The number of ether oxygens (including phenoxy) is 1. The second-order valence-corrected chi connectivity index (χ2v) is 6.41. The van der Waals surface area contributed by atoms with Gasteiger partial charge < -0.3 is 10.1 Å². The highest BCUT2D eigenvalue weighted by Crippen LogP contribution is 2.19. The normalized spacial score (nSPS) is 15.7. The fourth-order valence-corrected chi connectivity index (χ4v) is 3.04. The van der Waals surface area contributed by atoms with Crippen LogP contribution in [-0.4, -0.2) is 60.0 Å². The average Bonchev–Trinajstić information content (AvgIpc) is 3.00. The number of halogens is 1. The molecule has 2 aromatic rings. The minimum atomic E-state index is 0.0580. The van der Waals surface area contributed by atoms with Crippen LogP contribution in [0.2, 0.25) is 5.02 Å². The van der Waals surface area contributed by atoms with Crippen molar-refractivity contribution in [1.29, 1.82) is 0 Å². The van der Waals surface area contributed by atoms with Crippen LogP contribution in [-0.2, 0) is 16.1 Å². The fourth-order valence-electron chi connectivity index (χ4n) is 2.87. The van der Waals surface area contributed by atoms with Crippen LogP contribution in [0.5, 0.6) is 0 Å². The van der Waals surface area contributed by atoms with Crippen LogP contribution < -0.4 is 5.32 Å². The van der Waals surface area contributed by atoms with E-state index >= 15 is 0 Å². The van der Waals surface area contributed by atoms with Crippen molar-refractivity contribution in [3.8, 4) is 0 Å². The van der Waals surface area contributed by atoms with E-state index in [0.717, 1.165) is 50.2 Å². The first-order chi connectivity index (χ1) is 11.7. The Bertz CT molecular complexity index is 682. The van der Waals surface area contributed by atoms with Crippen molar-refractivity contribution in [2.45, 2.75) is 19.4 Å². The van der Waals surface area contributed by atoms with E-state index in [2.05, 4.69) is 15.3 Å². The van der Waals surface area contributed by atoms with Gasteiger partial charge in [0, 0.05) is 36.5 Å². The molecule has 1 amide bonds. The molecule has 1 N–H and O–H groups in total. The van der Waals surface area contributed by atoms with Gasteiger partial charge in [-0.2, -0.15) is 5.10 Å². The number of rotatable bonds is 7. The fraction of sp³-hybridized carbons (Fsp3) is 0.529. The van der Waals surface area contributed by atoms with Gasteiger partial charge in [0.25, 0.3) is 0 Å². The number of aromatic nitrogens is 2. The molecule has 0 unspecified atom stereocenters. The lowest BCUT2D eigenvalue weighted by Crippen LogP contribution is -2.38. The molecule has 1 aliphatic heterocycles. The SMILES string of the molecule is O=C(CCn1ncc2ccc(Cl)cc21)NCCCN1CCOCC1. The maximum Gasteiger partial charge on any atom is 0.221 e. The van der Waals surface area contributed by atoms with Gasteiger partial charge in [0.2, 0.25) is 5.91 Å². The summed E-state index contributed by atoms with van der Waals surface area (Å²) in [5.74, 6) is 0.0580. The van der Waals surface area contributed by atoms with Crippen LogP contribution in [0.15, 0.2) is 24.4 Å². The Labute approximate surface area is 146 Å². The summed E-state index contributed by atoms with van der Waals surface area (Å²) in [7, 11) is 0. The Morgan fingerprint density at radius 1 is 1.29 bits per heavy atom. The van der Waals surface area contributed by atoms with Gasteiger partial charge in [-0.15, -0.1) is 0 Å². The number of carbonyl (C=O) groups excluding carboxylic acids is 1. The number of nitrogens with one attached hydrogen (secondary N) is 1. The van der Waals surface area contributed by atoms with Gasteiger partial charge in [-0.05, 0) is 31.2 Å². The lowest BCUT2D eigenvalue weighted by molar-refractivity contribution is -0.121. The Balaban J connectivity index is 1.38. The summed E-state index contributed by atoms with van der Waals surface area (Å²) in [6.45, 7) is 5.88. The van der Waals surface area contributed by atoms with E-state index in [-0.39, 0.29) is 5.91 Å². The third-order valence-electron chi connectivity index (χ3n) is 4.23. The molecule has 1 aromatic carbocycles. The molecule has 2 heterocycles. The molecule has 6 nitrogen and oxygen atoms in total. The Morgan fingerprint density at radius 3 is 2.96 bits per heavy atom. The van der Waals surface area contributed by atoms with Crippen LogP contribution in [0.4, 0.5) is 0 Å². The Hall–Kier alpha value is -1.63. The second-order valence-electron chi connectivity index (χ2n) is 5.98. The van der Waals surface area contributed by atoms with Gasteiger partial charge in [-0.1, -0.05) is 11.6 Å². The first-order valence-corrected chi connectivity index (χ1v) is 8.78. The Morgan fingerprint density at radius 2 is 2.12 bits per heavy atom. The molecule has 0 bridgehead atoms. The van der Waals surface area contributed by atoms with E-state index in [0.29, 0.717) is 24.5 Å². The molecular weight excluding hydrogens is 328 g/mol. The molecule has 0 saturated carbocycles. The first kappa shape index (κ1) is 17.2. The first-order valence-electron chi connectivity index (χ1n) is 8.40. The number of fused-ring (bicyclic) bond motifs is 1. The lowest BCUT2D eigenvalue weighted by Gasteiger charge is -2.26. The number of nitrogens with zero attached hydrogens (tertiary/aromatic N) is 3. The highest BCUT2D eigenvalue weighted by Gasteiger charge is 2.10. The van der Waals surface area contributed by atoms with Crippen molar-refractivity contribution in [3.63, 3.8) is 0 Å². The maximum absolute atomic E-state index is 12.0. The van der Waals surface area contributed by atoms with E-state index in [4.69, 9.17) is 16.3 Å². The van der Waals surface area contributed by atoms with Gasteiger partial charge in [-0.3, -0.25) is 14.4 Å². The third kappa shape index (κ3) is 4.69. The molecule has 1 aromatic heterocycles. The summed E-state index contributed by atoms with van der Waals surface area (Å²) < 4.78 is 7.15. The maximum atomic E-state index is 12.0. The third-order valence-corrected chi connectivity index (χ3v) is 4.47. The summed E-state index contributed by atoms with van der Waals surface area (Å²) in [5, 5.41) is 9.02. The number of benzene rings is 1. The lowest BCUT2D eigenvalue weighted by atomic mass is 10.2. The van der Waals surface area contributed by atoms with E-state index in [9.17, 15) is 4.79 Å². The van der Waals surface area contributed by atoms with E-state index in [1.165, 1.54) is 0 Å². The van der Waals surface area contributed by atoms with Gasteiger partial charge in [0.15, 0.2) is 0 Å². The van der Waals surface area contributed by atoms with Crippen molar-refractivity contribution in [3.05, 3.63) is 29.4 Å². The van der Waals surface area contributed by atoms with Crippen molar-refractivity contribution >= 4 is 28.4 Å². The molecule has 1 fully saturated rings. The number of hydrogen-bond acceptors (Lipinski definition) is 4. The van der Waals surface area contributed by atoms with Gasteiger partial charge in [0.1, 0.15) is 0 Å². The number of carbonyl (C=O) groups is 1. The molecule has 0 radical (unpaired) electrons. The quantitative estimate of drug-likeness (QED) is 0.775. The minimum Gasteiger partial charge on any atom is -0.379 e. The number of morpholine rings is 1. The van der Waals surface area contributed by atoms with Gasteiger partial charge in [-0.25, -0.2) is 0 Å². The molecule has 24 heavy (non-hydrogen) atoms. The van der Waals surface area contributed by atoms with Crippen LogP contribution in [0.25, 0.3) is 10.9 Å². The molecule has 7 heteroatoms. The zero-order valence-corrected chi connectivity index (χ0v) is 14.5. The largest absolute Gasteiger partial charge is 0.379 e. The number of aryl methyl sites for hydroxylation is 1. The minimum absolute atomic E-state index is 0.0580. The Kier molecular flexibility index (Phi) is 6.07. The van der Waals surface area contributed by atoms with Crippen LogP contribution in [0.3, 0.4) is 0 Å².